The number of nitrogens with zero attached hydrogens (tertiary/aromatic N) is 4. The first-order valence-electron chi connectivity index (χ1n) is 22.6. The lowest BCUT2D eigenvalue weighted by molar-refractivity contribution is -0.155. The first-order chi connectivity index (χ1) is 30.1. The van der Waals surface area contributed by atoms with Crippen LogP contribution in [0.3, 0.4) is 0 Å². The van der Waals surface area contributed by atoms with Crippen molar-refractivity contribution in [2.75, 3.05) is 40.4 Å². The summed E-state index contributed by atoms with van der Waals surface area (Å²) in [4.78, 5) is 63.1. The second-order valence-electron chi connectivity index (χ2n) is 19.2. The summed E-state index contributed by atoms with van der Waals surface area (Å²) in [7, 11) is 3.36. The lowest BCUT2D eigenvalue weighted by Gasteiger charge is -2.37. The van der Waals surface area contributed by atoms with Gasteiger partial charge in [-0.3, -0.25) is 29.2 Å². The Morgan fingerprint density at radius 1 is 1.08 bits per heavy atom. The van der Waals surface area contributed by atoms with E-state index in [1.165, 1.54) is 5.01 Å². The molecule has 14 nitrogen and oxygen atoms in total. The molecular formula is C49H63N7O7. The molecule has 14 heteroatoms. The van der Waals surface area contributed by atoms with Crippen LogP contribution in [-0.4, -0.2) is 107 Å². The van der Waals surface area contributed by atoms with Crippen LogP contribution in [0.15, 0.2) is 54.7 Å². The van der Waals surface area contributed by atoms with Crippen molar-refractivity contribution in [3.8, 4) is 28.1 Å². The highest BCUT2D eigenvalue weighted by atomic mass is 16.5. The molecule has 3 aliphatic heterocycles. The standard InChI is InChI=1S/C49H63N7O7/c1-9-55-40-15-14-30-22-34(40)35(44(55)33-12-10-16-51-42(33)28(4)62-8)23-49(5,6)26-63-48(61)38-13-11-17-56(53-38)46(59)39(20-29-18-31(30)21-32(57)19-29)52-45(58)43(27(2)3)54(7)47(60)41-36-24-50-25-37(36)41/h10,12,14-16,18-19,21-22,27-28,36-39,41,43,50,53,57H,9,11,13,17,20,23-26H2,1-8H3,(H,52,58)/t28-,36-,37+,38-,39-,41+,43?/m0/s1. The van der Waals surface area contributed by atoms with E-state index in [4.69, 9.17) is 14.5 Å². The number of hydrogen-bond donors (Lipinski definition) is 4. The number of hydrazine groups is 1. The number of nitrogens with one attached hydrogen (secondary N) is 3. The van der Waals surface area contributed by atoms with E-state index in [2.05, 4.69) is 59.6 Å². The molecule has 7 atom stereocenters. The molecule has 0 radical (unpaired) electrons. The summed E-state index contributed by atoms with van der Waals surface area (Å²) in [5.74, 6) is -1.14. The predicted octanol–water partition coefficient (Wildman–Crippen LogP) is 5.40. The van der Waals surface area contributed by atoms with E-state index < -0.39 is 41.3 Å². The van der Waals surface area contributed by atoms with E-state index in [1.54, 1.807) is 37.4 Å². The SMILES string of the molecule is CCn1c(-c2cccnc2[C@H](C)OC)c2c3cc(ccc31)-c1cc(O)cc(c1)C[C@H](NC(=O)C(C(C)C)N(C)C(=O)[C@H]1[C@@H]3CNC[C@@H]31)C(=O)N1CCC[C@H](N1)C(=O)OCC(C)(C)C2. The molecule has 0 spiro atoms. The van der Waals surface area contributed by atoms with Gasteiger partial charge in [-0.2, -0.15) is 0 Å². The van der Waals surface area contributed by atoms with Crippen LogP contribution < -0.4 is 16.1 Å². The third-order valence-electron chi connectivity index (χ3n) is 13.7. The highest BCUT2D eigenvalue weighted by molar-refractivity contribution is 5.96. The molecular weight excluding hydrogens is 799 g/mol. The van der Waals surface area contributed by atoms with Crippen LogP contribution in [0, 0.1) is 29.1 Å². The Labute approximate surface area is 370 Å². The number of fused-ring (bicyclic) bond motifs is 7. The van der Waals surface area contributed by atoms with Gasteiger partial charge in [-0.25, -0.2) is 5.43 Å². The van der Waals surface area contributed by atoms with Crippen LogP contribution in [-0.2, 0) is 48.0 Å². The number of phenols is 1. The summed E-state index contributed by atoms with van der Waals surface area (Å²) in [6.45, 7) is 14.8. The maximum atomic E-state index is 14.7. The fourth-order valence-corrected chi connectivity index (χ4v) is 10.4. The molecule has 4 aromatic rings. The fraction of sp³-hybridized carbons (Fsp3) is 0.531. The second kappa shape index (κ2) is 17.7. The molecule has 4 N–H and O–H groups in total. The van der Waals surface area contributed by atoms with Crippen molar-refractivity contribution in [3.05, 3.63) is 71.5 Å². The number of methoxy groups -OCH3 is 1. The number of amides is 3. The number of aryl methyl sites for hydroxylation is 1. The van der Waals surface area contributed by atoms with E-state index in [9.17, 15) is 24.3 Å². The summed E-state index contributed by atoms with van der Waals surface area (Å²) >= 11 is 0. The number of pyridine rings is 1. The van der Waals surface area contributed by atoms with Gasteiger partial charge in [0.1, 0.15) is 23.9 Å². The zero-order valence-corrected chi connectivity index (χ0v) is 37.9. The minimum Gasteiger partial charge on any atom is -0.508 e. The molecule has 336 valence electrons. The molecule has 3 fully saturated rings. The van der Waals surface area contributed by atoms with Gasteiger partial charge in [0.05, 0.1) is 24.1 Å². The van der Waals surface area contributed by atoms with Crippen molar-refractivity contribution in [2.24, 2.45) is 29.1 Å². The molecule has 4 aliphatic rings. The van der Waals surface area contributed by atoms with Gasteiger partial charge >= 0.3 is 5.97 Å². The Morgan fingerprint density at radius 2 is 1.84 bits per heavy atom. The number of carbonyl (C=O) groups is 4. The van der Waals surface area contributed by atoms with E-state index in [0.717, 1.165) is 57.6 Å². The molecule has 6 bridgehead atoms. The normalized spacial score (nSPS) is 24.3. The molecule has 3 amide bonds. The maximum Gasteiger partial charge on any atom is 0.324 e. The van der Waals surface area contributed by atoms with E-state index >= 15 is 0 Å². The van der Waals surface area contributed by atoms with E-state index in [0.29, 0.717) is 37.9 Å². The maximum absolute atomic E-state index is 14.7. The number of hydrogen-bond acceptors (Lipinski definition) is 10. The molecule has 63 heavy (non-hydrogen) atoms. The number of aromatic hydroxyl groups is 1. The van der Waals surface area contributed by atoms with Crippen LogP contribution in [0.5, 0.6) is 5.75 Å². The molecule has 1 aliphatic carbocycles. The number of ether oxygens (including phenoxy) is 2. The van der Waals surface area contributed by atoms with Crippen LogP contribution in [0.1, 0.15) is 77.3 Å². The number of phenolic OH excluding ortho intramolecular Hbond substituents is 1. The fourth-order valence-electron chi connectivity index (χ4n) is 10.4. The lowest BCUT2D eigenvalue weighted by atomic mass is 9.84. The average Bonchev–Trinajstić information content (AvgIpc) is 3.57. The van der Waals surface area contributed by atoms with Gasteiger partial charge in [0.15, 0.2) is 0 Å². The smallest absolute Gasteiger partial charge is 0.324 e. The number of esters is 1. The Kier molecular flexibility index (Phi) is 12.4. The van der Waals surface area contributed by atoms with Gasteiger partial charge in [0.25, 0.3) is 5.91 Å². The molecule has 2 aromatic heterocycles. The number of aromatic nitrogens is 2. The van der Waals surface area contributed by atoms with Crippen molar-refractivity contribution in [1.29, 1.82) is 0 Å². The number of carbonyl (C=O) groups excluding carboxylic acids is 4. The van der Waals surface area contributed by atoms with Crippen molar-refractivity contribution >= 4 is 34.6 Å². The summed E-state index contributed by atoms with van der Waals surface area (Å²) in [6, 6.07) is 12.9. The van der Waals surface area contributed by atoms with Crippen LogP contribution in [0.4, 0.5) is 0 Å². The highest BCUT2D eigenvalue weighted by Crippen LogP contribution is 2.50. The molecule has 5 heterocycles. The monoisotopic (exact) mass is 861 g/mol. The minimum atomic E-state index is -1.10. The van der Waals surface area contributed by atoms with Gasteiger partial charge in [-0.15, -0.1) is 0 Å². The number of cyclic esters (lactones) is 1. The molecule has 1 unspecified atom stereocenters. The molecule has 1 saturated carbocycles. The first-order valence-corrected chi connectivity index (χ1v) is 22.6. The molecule has 2 aromatic carbocycles. The van der Waals surface area contributed by atoms with Crippen molar-refractivity contribution in [3.63, 3.8) is 0 Å². The third kappa shape index (κ3) is 8.69. The molecule has 2 saturated heterocycles. The minimum absolute atomic E-state index is 0.0185. The van der Waals surface area contributed by atoms with Gasteiger partial charge in [0, 0.05) is 67.7 Å². The lowest BCUT2D eigenvalue weighted by Crippen LogP contribution is -2.62. The third-order valence-corrected chi connectivity index (χ3v) is 13.7. The van der Waals surface area contributed by atoms with Gasteiger partial charge in [0.2, 0.25) is 11.8 Å². The van der Waals surface area contributed by atoms with Crippen molar-refractivity contribution in [2.45, 2.75) is 98.0 Å². The first kappa shape index (κ1) is 44.3. The zero-order valence-electron chi connectivity index (χ0n) is 37.9. The molecule has 8 rings (SSSR count). The quantitative estimate of drug-likeness (QED) is 0.160. The average molecular weight is 862 g/mol. The number of rotatable bonds is 9. The van der Waals surface area contributed by atoms with Gasteiger partial charge in [-0.1, -0.05) is 39.8 Å². The van der Waals surface area contributed by atoms with Crippen LogP contribution >= 0.6 is 0 Å². The Balaban J connectivity index is 1.22. The summed E-state index contributed by atoms with van der Waals surface area (Å²) in [5.41, 5.74) is 9.76. The number of likely N-dealkylation sites (N-methyl/N-ethyl adjacent to an activating group) is 1. The highest BCUT2D eigenvalue weighted by Gasteiger charge is 2.58. The van der Waals surface area contributed by atoms with Crippen LogP contribution in [0.25, 0.3) is 33.3 Å². The summed E-state index contributed by atoms with van der Waals surface area (Å²) in [6.07, 6.45) is 3.12. The largest absolute Gasteiger partial charge is 0.508 e. The van der Waals surface area contributed by atoms with Crippen molar-refractivity contribution in [1.82, 2.24) is 35.5 Å². The van der Waals surface area contributed by atoms with Crippen LogP contribution in [0.2, 0.25) is 0 Å². The zero-order chi connectivity index (χ0) is 44.9. The van der Waals surface area contributed by atoms with E-state index in [-0.39, 0.29) is 54.5 Å². The topological polar surface area (TPSA) is 167 Å². The number of benzene rings is 2. The van der Waals surface area contributed by atoms with Crippen molar-refractivity contribution < 1.29 is 33.8 Å². The van der Waals surface area contributed by atoms with E-state index in [1.807, 2.05) is 39.0 Å². The predicted molar refractivity (Wildman–Crippen MR) is 240 cm³/mol. The van der Waals surface area contributed by atoms with Gasteiger partial charge in [-0.05, 0) is 123 Å². The summed E-state index contributed by atoms with van der Waals surface area (Å²) < 4.78 is 14.2. The Hall–Kier alpha value is -5.31. The summed E-state index contributed by atoms with van der Waals surface area (Å²) in [5, 5.41) is 20.1. The second-order valence-corrected chi connectivity index (χ2v) is 19.2. The Bertz CT molecular complexity index is 2400. The number of piperidine rings is 1. The Morgan fingerprint density at radius 3 is 2.56 bits per heavy atom. The van der Waals surface area contributed by atoms with Gasteiger partial charge < -0.3 is 34.7 Å².